The fraction of sp³-hybridized carbons (Fsp3) is 0.733. The molecule has 1 N–H and O–H groups in total. The van der Waals surface area contributed by atoms with Gasteiger partial charge in [-0.2, -0.15) is 0 Å². The van der Waals surface area contributed by atoms with E-state index < -0.39 is 21.7 Å². The number of aromatic nitrogens is 1. The summed E-state index contributed by atoms with van der Waals surface area (Å²) in [6, 6.07) is -0.678. The summed E-state index contributed by atoms with van der Waals surface area (Å²) < 4.78 is 32.9. The predicted molar refractivity (Wildman–Crippen MR) is 101 cm³/mol. The van der Waals surface area contributed by atoms with Gasteiger partial charge in [0.1, 0.15) is 5.60 Å². The molecule has 0 radical (unpaired) electrons. The highest BCUT2D eigenvalue weighted by Gasteiger charge is 2.40. The number of halogens is 1. The van der Waals surface area contributed by atoms with E-state index in [9.17, 15) is 13.2 Å². The van der Waals surface area contributed by atoms with Crippen LogP contribution in [-0.4, -0.2) is 54.4 Å². The van der Waals surface area contributed by atoms with Gasteiger partial charge in [-0.15, -0.1) is 11.3 Å². The molecular weight excluding hydrogens is 430 g/mol. The van der Waals surface area contributed by atoms with Crippen LogP contribution in [0.2, 0.25) is 0 Å². The van der Waals surface area contributed by atoms with Crippen LogP contribution < -0.4 is 4.72 Å². The Morgan fingerprint density at radius 3 is 2.72 bits per heavy atom. The van der Waals surface area contributed by atoms with Crippen LogP contribution in [0.5, 0.6) is 0 Å². The molecule has 0 aliphatic carbocycles. The van der Waals surface area contributed by atoms with E-state index in [0.29, 0.717) is 19.4 Å². The molecule has 1 fully saturated rings. The second kappa shape index (κ2) is 7.89. The number of nitrogens with one attached hydrogen (secondary N) is 1. The second-order valence-corrected chi connectivity index (χ2v) is 11.1. The van der Waals surface area contributed by atoms with Crippen molar-refractivity contribution in [2.75, 3.05) is 12.3 Å². The summed E-state index contributed by atoms with van der Waals surface area (Å²) in [6.45, 7) is 7.47. The summed E-state index contributed by atoms with van der Waals surface area (Å²) in [7, 11) is -3.36. The highest BCUT2D eigenvalue weighted by molar-refractivity contribution is 9.11. The van der Waals surface area contributed by atoms with Crippen molar-refractivity contribution < 1.29 is 17.9 Å². The Kier molecular flexibility index (Phi) is 6.50. The van der Waals surface area contributed by atoms with Crippen molar-refractivity contribution >= 4 is 43.4 Å². The number of hydrogen-bond acceptors (Lipinski definition) is 6. The van der Waals surface area contributed by atoms with Crippen LogP contribution in [0.3, 0.4) is 0 Å². The smallest absolute Gasteiger partial charge is 0.410 e. The maximum absolute atomic E-state index is 12.5. The van der Waals surface area contributed by atoms with Crippen molar-refractivity contribution in [2.24, 2.45) is 0 Å². The van der Waals surface area contributed by atoms with E-state index >= 15 is 0 Å². The van der Waals surface area contributed by atoms with Gasteiger partial charge in [0.25, 0.3) is 0 Å². The largest absolute Gasteiger partial charge is 0.444 e. The van der Waals surface area contributed by atoms with E-state index in [1.165, 1.54) is 11.3 Å². The van der Waals surface area contributed by atoms with E-state index in [-0.39, 0.29) is 17.8 Å². The Morgan fingerprint density at radius 1 is 1.52 bits per heavy atom. The standard InChI is InChI=1S/C15H24BrN3O4S2/c1-5-25(21,22)18-11-6-7-19(14(20)23-15(2,3)4)12(11)8-10-9-24-13(16)17-10/h9,11-12,18H,5-8H2,1-4H3/t11-,12-/m1/s1. The molecule has 0 saturated carbocycles. The molecule has 10 heteroatoms. The number of ether oxygens (including phenoxy) is 1. The zero-order chi connectivity index (χ0) is 18.8. The Bertz CT molecular complexity index is 715. The van der Waals surface area contributed by atoms with Crippen molar-refractivity contribution in [1.82, 2.24) is 14.6 Å². The van der Waals surface area contributed by atoms with Gasteiger partial charge in [-0.1, -0.05) is 0 Å². The van der Waals surface area contributed by atoms with Crippen LogP contribution in [0.1, 0.15) is 39.8 Å². The summed E-state index contributed by atoms with van der Waals surface area (Å²) in [5.41, 5.74) is 0.213. The van der Waals surface area contributed by atoms with Gasteiger partial charge >= 0.3 is 6.09 Å². The molecule has 1 amide bonds. The van der Waals surface area contributed by atoms with Crippen LogP contribution >= 0.6 is 27.3 Å². The number of sulfonamides is 1. The molecule has 0 spiro atoms. The Balaban J connectivity index is 2.21. The van der Waals surface area contributed by atoms with Gasteiger partial charge in [0.2, 0.25) is 10.0 Å². The lowest BCUT2D eigenvalue weighted by atomic mass is 10.1. The van der Waals surface area contributed by atoms with Crippen LogP contribution in [0.15, 0.2) is 9.30 Å². The number of rotatable bonds is 5. The number of carbonyl (C=O) groups excluding carboxylic acids is 1. The average molecular weight is 454 g/mol. The van der Waals surface area contributed by atoms with Crippen molar-refractivity contribution in [3.8, 4) is 0 Å². The first-order valence-corrected chi connectivity index (χ1v) is 11.4. The number of amides is 1. The zero-order valence-corrected chi connectivity index (χ0v) is 18.0. The Hall–Kier alpha value is -0.710. The fourth-order valence-corrected chi connectivity index (χ4v) is 4.66. The van der Waals surface area contributed by atoms with Crippen molar-refractivity contribution in [3.05, 3.63) is 15.0 Å². The number of carbonyl (C=O) groups is 1. The minimum absolute atomic E-state index is 0.00487. The van der Waals surface area contributed by atoms with E-state index in [1.54, 1.807) is 11.8 Å². The molecule has 1 aliphatic rings. The summed E-state index contributed by atoms with van der Waals surface area (Å²) in [5, 5.41) is 1.90. The lowest BCUT2D eigenvalue weighted by Gasteiger charge is -2.30. The maximum Gasteiger partial charge on any atom is 0.410 e. The molecule has 2 heterocycles. The van der Waals surface area contributed by atoms with Gasteiger partial charge in [0.05, 0.1) is 17.5 Å². The number of likely N-dealkylation sites (tertiary alicyclic amines) is 1. The molecule has 1 aromatic rings. The lowest BCUT2D eigenvalue weighted by molar-refractivity contribution is 0.0218. The van der Waals surface area contributed by atoms with Crippen LogP contribution in [0.25, 0.3) is 0 Å². The number of thiazole rings is 1. The predicted octanol–water partition coefficient (Wildman–Crippen LogP) is 2.77. The Labute approximate surface area is 161 Å². The molecule has 1 aromatic heterocycles. The van der Waals surface area contributed by atoms with Crippen molar-refractivity contribution in [3.63, 3.8) is 0 Å². The van der Waals surface area contributed by atoms with Crippen LogP contribution in [-0.2, 0) is 21.2 Å². The van der Waals surface area contributed by atoms with Crippen LogP contribution in [0.4, 0.5) is 4.79 Å². The summed E-state index contributed by atoms with van der Waals surface area (Å²) in [5.74, 6) is 0.00487. The molecule has 1 aliphatic heterocycles. The average Bonchev–Trinajstić information content (AvgIpc) is 3.04. The van der Waals surface area contributed by atoms with Gasteiger partial charge in [-0.3, -0.25) is 0 Å². The molecule has 0 unspecified atom stereocenters. The topological polar surface area (TPSA) is 88.6 Å². The van der Waals surface area contributed by atoms with Crippen LogP contribution in [0, 0.1) is 0 Å². The van der Waals surface area contributed by atoms with E-state index in [0.717, 1.165) is 9.61 Å². The lowest BCUT2D eigenvalue weighted by Crippen LogP contribution is -2.49. The third-order valence-electron chi connectivity index (χ3n) is 3.83. The minimum atomic E-state index is -3.36. The monoisotopic (exact) mass is 453 g/mol. The molecule has 0 bridgehead atoms. The van der Waals surface area contributed by atoms with Gasteiger partial charge in [0.15, 0.2) is 3.92 Å². The third-order valence-corrected chi connectivity index (χ3v) is 6.66. The third kappa shape index (κ3) is 5.90. The molecule has 25 heavy (non-hydrogen) atoms. The number of hydrogen-bond donors (Lipinski definition) is 1. The van der Waals surface area contributed by atoms with Gasteiger partial charge in [0, 0.05) is 24.4 Å². The van der Waals surface area contributed by atoms with E-state index in [4.69, 9.17) is 4.74 Å². The number of nitrogens with zero attached hydrogens (tertiary/aromatic N) is 2. The molecule has 142 valence electrons. The second-order valence-electron chi connectivity index (χ2n) is 6.95. The molecule has 2 atom stereocenters. The minimum Gasteiger partial charge on any atom is -0.444 e. The van der Waals surface area contributed by atoms with Gasteiger partial charge < -0.3 is 9.64 Å². The molecule has 1 saturated heterocycles. The molecule has 2 rings (SSSR count). The quantitative estimate of drug-likeness (QED) is 0.739. The normalized spacial score (nSPS) is 21.6. The van der Waals surface area contributed by atoms with Crippen molar-refractivity contribution in [1.29, 1.82) is 0 Å². The molecule has 0 aromatic carbocycles. The van der Waals surface area contributed by atoms with Gasteiger partial charge in [-0.25, -0.2) is 22.9 Å². The first kappa shape index (κ1) is 20.6. The summed E-state index contributed by atoms with van der Waals surface area (Å²) >= 11 is 4.79. The van der Waals surface area contributed by atoms with E-state index in [2.05, 4.69) is 25.6 Å². The highest BCUT2D eigenvalue weighted by atomic mass is 79.9. The zero-order valence-electron chi connectivity index (χ0n) is 14.8. The summed E-state index contributed by atoms with van der Waals surface area (Å²) in [4.78, 5) is 18.5. The SMILES string of the molecule is CCS(=O)(=O)N[C@@H]1CCN(C(=O)OC(C)(C)C)[C@@H]1Cc1csc(Br)n1. The van der Waals surface area contributed by atoms with E-state index in [1.807, 2.05) is 26.2 Å². The van der Waals surface area contributed by atoms with Crippen molar-refractivity contribution in [2.45, 2.75) is 58.2 Å². The summed E-state index contributed by atoms with van der Waals surface area (Å²) in [6.07, 6.45) is 0.595. The fourth-order valence-electron chi connectivity index (χ4n) is 2.70. The maximum atomic E-state index is 12.5. The highest BCUT2D eigenvalue weighted by Crippen LogP contribution is 2.26. The Morgan fingerprint density at radius 2 is 2.20 bits per heavy atom. The molecule has 7 nitrogen and oxygen atoms in total. The van der Waals surface area contributed by atoms with Gasteiger partial charge in [-0.05, 0) is 50.0 Å². The molecular formula is C15H24BrN3O4S2. The first-order valence-electron chi connectivity index (χ1n) is 8.10. The first-order chi connectivity index (χ1) is 11.5.